The van der Waals surface area contributed by atoms with E-state index in [0.717, 1.165) is 30.4 Å². The van der Waals surface area contributed by atoms with Gasteiger partial charge in [-0.05, 0) is 26.7 Å². The van der Waals surface area contributed by atoms with Crippen LogP contribution in [-0.2, 0) is 4.79 Å². The summed E-state index contributed by atoms with van der Waals surface area (Å²) in [6.45, 7) is 8.39. The Labute approximate surface area is 115 Å². The number of hydrogen-bond donors (Lipinski definition) is 1. The van der Waals surface area contributed by atoms with E-state index in [-0.39, 0.29) is 5.91 Å². The van der Waals surface area contributed by atoms with Gasteiger partial charge < -0.3 is 10.2 Å². The molecule has 0 spiro atoms. The van der Waals surface area contributed by atoms with Gasteiger partial charge in [0.15, 0.2) is 5.17 Å². The fraction of sp³-hybridized carbons (Fsp3) is 0.846. The Balaban J connectivity index is 2.33. The first-order valence-electron chi connectivity index (χ1n) is 6.92. The van der Waals surface area contributed by atoms with Crippen LogP contribution in [0.2, 0.25) is 0 Å². The van der Waals surface area contributed by atoms with Crippen molar-refractivity contribution in [3.05, 3.63) is 0 Å². The van der Waals surface area contributed by atoms with Gasteiger partial charge in [-0.15, -0.1) is 0 Å². The maximum absolute atomic E-state index is 11.8. The minimum atomic E-state index is 0.206. The molecule has 0 aromatic heterocycles. The van der Waals surface area contributed by atoms with Crippen molar-refractivity contribution in [1.82, 2.24) is 10.2 Å². The molecular weight excluding hydrogens is 246 g/mol. The van der Waals surface area contributed by atoms with Gasteiger partial charge in [0.1, 0.15) is 0 Å². The highest BCUT2D eigenvalue weighted by molar-refractivity contribution is 8.13. The van der Waals surface area contributed by atoms with Gasteiger partial charge in [-0.3, -0.25) is 9.79 Å². The number of nitrogens with one attached hydrogen (secondary N) is 1. The molecule has 1 amide bonds. The van der Waals surface area contributed by atoms with Crippen molar-refractivity contribution in [3.63, 3.8) is 0 Å². The third-order valence-electron chi connectivity index (χ3n) is 3.22. The van der Waals surface area contributed by atoms with Crippen LogP contribution >= 0.6 is 11.8 Å². The summed E-state index contributed by atoms with van der Waals surface area (Å²) in [5.41, 5.74) is 0. The van der Waals surface area contributed by atoms with E-state index in [1.165, 1.54) is 6.42 Å². The molecule has 0 saturated carbocycles. The van der Waals surface area contributed by atoms with Crippen LogP contribution in [0, 0.1) is 0 Å². The zero-order valence-corrected chi connectivity index (χ0v) is 12.6. The van der Waals surface area contributed by atoms with E-state index in [1.54, 1.807) is 11.8 Å². The van der Waals surface area contributed by atoms with Crippen molar-refractivity contribution >= 4 is 22.8 Å². The average Bonchev–Trinajstić information content (AvgIpc) is 2.40. The van der Waals surface area contributed by atoms with Crippen LogP contribution in [0.5, 0.6) is 0 Å². The molecule has 1 unspecified atom stereocenters. The minimum absolute atomic E-state index is 0.206. The SMILES string of the molecule is CCC1CCSC(=NCCC(=O)N(CC)CC)N1. The van der Waals surface area contributed by atoms with Gasteiger partial charge in [-0.1, -0.05) is 18.7 Å². The Bertz CT molecular complexity index is 290. The molecule has 0 bridgehead atoms. The molecule has 104 valence electrons. The predicted molar refractivity (Wildman–Crippen MR) is 79.1 cm³/mol. The van der Waals surface area contributed by atoms with E-state index in [4.69, 9.17) is 0 Å². The lowest BCUT2D eigenvalue weighted by atomic mass is 10.2. The monoisotopic (exact) mass is 271 g/mol. The molecule has 18 heavy (non-hydrogen) atoms. The number of carbonyl (C=O) groups is 1. The summed E-state index contributed by atoms with van der Waals surface area (Å²) < 4.78 is 0. The summed E-state index contributed by atoms with van der Waals surface area (Å²) in [5.74, 6) is 1.34. The molecule has 1 rings (SSSR count). The van der Waals surface area contributed by atoms with Crippen molar-refractivity contribution in [2.75, 3.05) is 25.4 Å². The van der Waals surface area contributed by atoms with Gasteiger partial charge in [0, 0.05) is 31.3 Å². The van der Waals surface area contributed by atoms with Gasteiger partial charge in [0.25, 0.3) is 0 Å². The van der Waals surface area contributed by atoms with Gasteiger partial charge >= 0.3 is 0 Å². The van der Waals surface area contributed by atoms with Crippen LogP contribution in [0.25, 0.3) is 0 Å². The van der Waals surface area contributed by atoms with Crippen LogP contribution < -0.4 is 5.32 Å². The molecule has 1 fully saturated rings. The highest BCUT2D eigenvalue weighted by atomic mass is 32.2. The molecule has 0 aromatic carbocycles. The van der Waals surface area contributed by atoms with Crippen molar-refractivity contribution < 1.29 is 4.79 Å². The lowest BCUT2D eigenvalue weighted by molar-refractivity contribution is -0.130. The smallest absolute Gasteiger partial charge is 0.224 e. The summed E-state index contributed by atoms with van der Waals surface area (Å²) in [5, 5.41) is 4.44. The van der Waals surface area contributed by atoms with Crippen LogP contribution in [0.4, 0.5) is 0 Å². The molecule has 1 saturated heterocycles. The Morgan fingerprint density at radius 2 is 2.17 bits per heavy atom. The second-order valence-electron chi connectivity index (χ2n) is 4.39. The van der Waals surface area contributed by atoms with Crippen molar-refractivity contribution in [1.29, 1.82) is 0 Å². The molecule has 4 nitrogen and oxygen atoms in total. The third kappa shape index (κ3) is 4.88. The van der Waals surface area contributed by atoms with Gasteiger partial charge in [-0.2, -0.15) is 0 Å². The van der Waals surface area contributed by atoms with E-state index in [9.17, 15) is 4.79 Å². The summed E-state index contributed by atoms with van der Waals surface area (Å²) in [7, 11) is 0. The quantitative estimate of drug-likeness (QED) is 0.804. The second-order valence-corrected chi connectivity index (χ2v) is 5.47. The fourth-order valence-electron chi connectivity index (χ4n) is 1.97. The maximum atomic E-state index is 11.8. The molecule has 1 heterocycles. The largest absolute Gasteiger partial charge is 0.362 e. The first-order valence-corrected chi connectivity index (χ1v) is 7.91. The van der Waals surface area contributed by atoms with Crippen LogP contribution in [-0.4, -0.2) is 47.4 Å². The molecule has 1 atom stereocenters. The highest BCUT2D eigenvalue weighted by Crippen LogP contribution is 2.15. The summed E-state index contributed by atoms with van der Waals surface area (Å²) in [6, 6.07) is 0.559. The zero-order chi connectivity index (χ0) is 13.4. The highest BCUT2D eigenvalue weighted by Gasteiger charge is 2.15. The molecule has 0 aliphatic carbocycles. The number of carbonyl (C=O) groups excluding carboxylic acids is 1. The fourth-order valence-corrected chi connectivity index (χ4v) is 3.00. The third-order valence-corrected chi connectivity index (χ3v) is 4.18. The maximum Gasteiger partial charge on any atom is 0.224 e. The Morgan fingerprint density at radius 3 is 2.78 bits per heavy atom. The van der Waals surface area contributed by atoms with E-state index >= 15 is 0 Å². The van der Waals surface area contributed by atoms with Crippen LogP contribution in [0.15, 0.2) is 4.99 Å². The molecule has 1 N–H and O–H groups in total. The van der Waals surface area contributed by atoms with Gasteiger partial charge in [0.05, 0.1) is 6.54 Å². The number of aliphatic imine (C=N–C) groups is 1. The lowest BCUT2D eigenvalue weighted by Crippen LogP contribution is -2.37. The van der Waals surface area contributed by atoms with E-state index in [0.29, 0.717) is 19.0 Å². The van der Waals surface area contributed by atoms with Crippen molar-refractivity contribution in [3.8, 4) is 0 Å². The number of thioether (sulfide) groups is 1. The standard InChI is InChI=1S/C13H25N3OS/c1-4-11-8-10-18-13(15-11)14-9-7-12(17)16(5-2)6-3/h11H,4-10H2,1-3H3,(H,14,15). The summed E-state index contributed by atoms with van der Waals surface area (Å²) in [6.07, 6.45) is 2.86. The van der Waals surface area contributed by atoms with Crippen molar-refractivity contribution in [2.45, 2.75) is 46.1 Å². The average molecular weight is 271 g/mol. The number of nitrogens with zero attached hydrogens (tertiary/aromatic N) is 2. The summed E-state index contributed by atoms with van der Waals surface area (Å²) >= 11 is 1.77. The number of rotatable bonds is 6. The first-order chi connectivity index (χ1) is 8.71. The normalized spacial score (nSPS) is 21.7. The summed E-state index contributed by atoms with van der Waals surface area (Å²) in [4.78, 5) is 18.1. The number of amidine groups is 1. The molecule has 0 aromatic rings. The lowest BCUT2D eigenvalue weighted by Gasteiger charge is -2.24. The van der Waals surface area contributed by atoms with E-state index < -0.39 is 0 Å². The predicted octanol–water partition coefficient (Wildman–Crippen LogP) is 2.11. The molecule has 1 aliphatic heterocycles. The van der Waals surface area contributed by atoms with Gasteiger partial charge in [0.2, 0.25) is 5.91 Å². The van der Waals surface area contributed by atoms with Crippen molar-refractivity contribution in [2.24, 2.45) is 4.99 Å². The van der Waals surface area contributed by atoms with Gasteiger partial charge in [-0.25, -0.2) is 0 Å². The molecule has 1 aliphatic rings. The molecular formula is C13H25N3OS. The second kappa shape index (κ2) is 8.40. The molecule has 5 heteroatoms. The van der Waals surface area contributed by atoms with Crippen LogP contribution in [0.3, 0.4) is 0 Å². The number of amides is 1. The van der Waals surface area contributed by atoms with E-state index in [1.807, 2.05) is 18.7 Å². The topological polar surface area (TPSA) is 44.7 Å². The van der Waals surface area contributed by atoms with Crippen LogP contribution in [0.1, 0.15) is 40.0 Å². The molecule has 0 radical (unpaired) electrons. The van der Waals surface area contributed by atoms with E-state index in [2.05, 4.69) is 17.2 Å². The zero-order valence-electron chi connectivity index (χ0n) is 11.7. The Kier molecular flexibility index (Phi) is 7.16. The Hall–Kier alpha value is -0.710. The first kappa shape index (κ1) is 15.3. The number of hydrogen-bond acceptors (Lipinski definition) is 3. The Morgan fingerprint density at radius 1 is 1.44 bits per heavy atom. The minimum Gasteiger partial charge on any atom is -0.362 e.